The van der Waals surface area contributed by atoms with Crippen molar-refractivity contribution in [2.45, 2.75) is 23.3 Å². The first kappa shape index (κ1) is 11.2. The molecule has 0 aliphatic heterocycles. The number of aromatic nitrogens is 2. The van der Waals surface area contributed by atoms with Crippen LogP contribution in [0.4, 0.5) is 0 Å². The summed E-state index contributed by atoms with van der Waals surface area (Å²) >= 11 is 1.62. The molecule has 0 saturated carbocycles. The lowest BCUT2D eigenvalue weighted by molar-refractivity contribution is 0.279. The monoisotopic (exact) mass is 234 g/mol. The van der Waals surface area contributed by atoms with Crippen molar-refractivity contribution in [1.82, 2.24) is 9.78 Å². The minimum atomic E-state index is 0.0737. The topological polar surface area (TPSA) is 38.0 Å². The number of rotatable bonds is 3. The molecule has 1 N–H and O–H groups in total. The van der Waals surface area contributed by atoms with Crippen LogP contribution in [0.25, 0.3) is 0 Å². The maximum absolute atomic E-state index is 9.29. The van der Waals surface area contributed by atoms with E-state index in [0.29, 0.717) is 0 Å². The highest BCUT2D eigenvalue weighted by Gasteiger charge is 2.05. The van der Waals surface area contributed by atoms with Gasteiger partial charge in [-0.25, -0.2) is 0 Å². The van der Waals surface area contributed by atoms with Gasteiger partial charge >= 0.3 is 0 Å². The zero-order valence-electron chi connectivity index (χ0n) is 9.34. The standard InChI is InChI=1S/C12H14N2OS/c1-9-3-4-12(10(5-9)8-15)16-11-6-13-14(2)7-11/h3-7,15H,8H2,1-2H3. The van der Waals surface area contributed by atoms with Gasteiger partial charge in [-0.2, -0.15) is 5.10 Å². The molecule has 16 heavy (non-hydrogen) atoms. The van der Waals surface area contributed by atoms with Gasteiger partial charge in [-0.05, 0) is 18.6 Å². The second-order valence-electron chi connectivity index (χ2n) is 3.72. The molecule has 0 bridgehead atoms. The quantitative estimate of drug-likeness (QED) is 0.886. The Balaban J connectivity index is 2.27. The number of aryl methyl sites for hydroxylation is 2. The molecule has 1 aromatic carbocycles. The van der Waals surface area contributed by atoms with Crippen molar-refractivity contribution in [2.75, 3.05) is 0 Å². The van der Waals surface area contributed by atoms with Crippen LogP contribution in [0.2, 0.25) is 0 Å². The van der Waals surface area contributed by atoms with Gasteiger partial charge in [-0.1, -0.05) is 29.5 Å². The highest BCUT2D eigenvalue weighted by Crippen LogP contribution is 2.30. The molecular weight excluding hydrogens is 220 g/mol. The van der Waals surface area contributed by atoms with E-state index in [0.717, 1.165) is 15.4 Å². The van der Waals surface area contributed by atoms with E-state index in [1.54, 1.807) is 16.4 Å². The summed E-state index contributed by atoms with van der Waals surface area (Å²) in [5, 5.41) is 13.4. The molecule has 2 rings (SSSR count). The van der Waals surface area contributed by atoms with Crippen LogP contribution in [0.15, 0.2) is 40.4 Å². The summed E-state index contributed by atoms with van der Waals surface area (Å²) in [7, 11) is 1.89. The van der Waals surface area contributed by atoms with Gasteiger partial charge in [-0.3, -0.25) is 4.68 Å². The van der Waals surface area contributed by atoms with Crippen LogP contribution in [-0.2, 0) is 13.7 Å². The summed E-state index contributed by atoms with van der Waals surface area (Å²) in [5.74, 6) is 0. The Kier molecular flexibility index (Phi) is 3.31. The van der Waals surface area contributed by atoms with Crippen LogP contribution in [0, 0.1) is 6.92 Å². The molecular formula is C12H14N2OS. The zero-order chi connectivity index (χ0) is 11.5. The first-order valence-corrected chi connectivity index (χ1v) is 5.87. The molecule has 0 spiro atoms. The summed E-state index contributed by atoms with van der Waals surface area (Å²) in [5.41, 5.74) is 2.13. The van der Waals surface area contributed by atoms with Crippen molar-refractivity contribution in [2.24, 2.45) is 7.05 Å². The number of hydrogen-bond acceptors (Lipinski definition) is 3. The van der Waals surface area contributed by atoms with Gasteiger partial charge in [0.05, 0.1) is 17.7 Å². The Morgan fingerprint density at radius 1 is 1.44 bits per heavy atom. The molecule has 3 nitrogen and oxygen atoms in total. The molecule has 0 saturated heterocycles. The minimum absolute atomic E-state index is 0.0737. The highest BCUT2D eigenvalue weighted by atomic mass is 32.2. The molecule has 0 aliphatic carbocycles. The Morgan fingerprint density at radius 2 is 2.25 bits per heavy atom. The molecule has 4 heteroatoms. The van der Waals surface area contributed by atoms with Crippen LogP contribution >= 0.6 is 11.8 Å². The van der Waals surface area contributed by atoms with E-state index in [-0.39, 0.29) is 6.61 Å². The lowest BCUT2D eigenvalue weighted by Crippen LogP contribution is -1.88. The lowest BCUT2D eigenvalue weighted by atomic mass is 10.1. The summed E-state index contributed by atoms with van der Waals surface area (Å²) < 4.78 is 1.77. The van der Waals surface area contributed by atoms with Crippen molar-refractivity contribution in [3.63, 3.8) is 0 Å². The summed E-state index contributed by atoms with van der Waals surface area (Å²) in [6.45, 7) is 2.10. The molecule has 84 valence electrons. The summed E-state index contributed by atoms with van der Waals surface area (Å²) in [4.78, 5) is 2.17. The fourth-order valence-electron chi connectivity index (χ4n) is 1.51. The molecule has 0 fully saturated rings. The second kappa shape index (κ2) is 4.72. The number of aliphatic hydroxyl groups excluding tert-OH is 1. The number of nitrogens with zero attached hydrogens (tertiary/aromatic N) is 2. The van der Waals surface area contributed by atoms with Gasteiger partial charge in [0, 0.05) is 18.1 Å². The fraction of sp³-hybridized carbons (Fsp3) is 0.250. The zero-order valence-corrected chi connectivity index (χ0v) is 10.2. The number of aliphatic hydroxyl groups is 1. The van der Waals surface area contributed by atoms with E-state index in [1.807, 2.05) is 38.5 Å². The van der Waals surface area contributed by atoms with Gasteiger partial charge in [0.1, 0.15) is 0 Å². The van der Waals surface area contributed by atoms with Crippen molar-refractivity contribution < 1.29 is 5.11 Å². The largest absolute Gasteiger partial charge is 0.392 e. The van der Waals surface area contributed by atoms with Crippen LogP contribution in [0.1, 0.15) is 11.1 Å². The van der Waals surface area contributed by atoms with Gasteiger partial charge in [-0.15, -0.1) is 0 Å². The molecule has 0 unspecified atom stereocenters. The smallest absolute Gasteiger partial charge is 0.0692 e. The van der Waals surface area contributed by atoms with Crippen molar-refractivity contribution in [3.05, 3.63) is 41.7 Å². The highest BCUT2D eigenvalue weighted by molar-refractivity contribution is 7.99. The summed E-state index contributed by atoms with van der Waals surface area (Å²) in [6, 6.07) is 6.11. The maximum atomic E-state index is 9.29. The maximum Gasteiger partial charge on any atom is 0.0692 e. The Bertz CT molecular complexity index is 494. The predicted octanol–water partition coefficient (Wildman–Crippen LogP) is 2.37. The van der Waals surface area contributed by atoms with Crippen LogP contribution in [-0.4, -0.2) is 14.9 Å². The van der Waals surface area contributed by atoms with Crippen molar-refractivity contribution >= 4 is 11.8 Å². The van der Waals surface area contributed by atoms with Gasteiger partial charge in [0.15, 0.2) is 0 Å². The molecule has 0 radical (unpaired) electrons. The summed E-state index contributed by atoms with van der Waals surface area (Å²) in [6.07, 6.45) is 3.79. The molecule has 1 heterocycles. The minimum Gasteiger partial charge on any atom is -0.392 e. The molecule has 0 amide bonds. The Labute approximate surface area is 99.1 Å². The van der Waals surface area contributed by atoms with Crippen molar-refractivity contribution in [1.29, 1.82) is 0 Å². The van der Waals surface area contributed by atoms with Gasteiger partial charge < -0.3 is 5.11 Å². The molecule has 0 aliphatic rings. The Morgan fingerprint density at radius 3 is 2.88 bits per heavy atom. The normalized spacial score (nSPS) is 10.7. The number of benzene rings is 1. The molecule has 2 aromatic rings. The first-order valence-electron chi connectivity index (χ1n) is 5.06. The van der Waals surface area contributed by atoms with E-state index >= 15 is 0 Å². The average Bonchev–Trinajstić information content (AvgIpc) is 2.67. The third-order valence-corrected chi connectivity index (χ3v) is 3.36. The van der Waals surface area contributed by atoms with E-state index in [1.165, 1.54) is 5.56 Å². The van der Waals surface area contributed by atoms with E-state index < -0.39 is 0 Å². The SMILES string of the molecule is Cc1ccc(Sc2cnn(C)c2)c(CO)c1. The lowest BCUT2D eigenvalue weighted by Gasteiger charge is -2.06. The molecule has 1 aromatic heterocycles. The van der Waals surface area contributed by atoms with Crippen molar-refractivity contribution in [3.8, 4) is 0 Å². The van der Waals surface area contributed by atoms with Crippen LogP contribution in [0.5, 0.6) is 0 Å². The third kappa shape index (κ3) is 2.46. The van der Waals surface area contributed by atoms with E-state index in [4.69, 9.17) is 0 Å². The van der Waals surface area contributed by atoms with Crippen LogP contribution in [0.3, 0.4) is 0 Å². The second-order valence-corrected chi connectivity index (χ2v) is 4.84. The van der Waals surface area contributed by atoms with E-state index in [9.17, 15) is 5.11 Å². The average molecular weight is 234 g/mol. The Hall–Kier alpha value is -1.26. The first-order chi connectivity index (χ1) is 7.69. The van der Waals surface area contributed by atoms with Gasteiger partial charge in [0.25, 0.3) is 0 Å². The fourth-order valence-corrected chi connectivity index (χ4v) is 2.46. The predicted molar refractivity (Wildman–Crippen MR) is 64.4 cm³/mol. The number of hydrogen-bond donors (Lipinski definition) is 1. The molecule has 0 atom stereocenters. The van der Waals surface area contributed by atoms with E-state index in [2.05, 4.69) is 11.2 Å². The van der Waals surface area contributed by atoms with Gasteiger partial charge in [0.2, 0.25) is 0 Å². The third-order valence-electron chi connectivity index (χ3n) is 2.30. The van der Waals surface area contributed by atoms with Crippen LogP contribution < -0.4 is 0 Å².